The van der Waals surface area contributed by atoms with Gasteiger partial charge in [0.15, 0.2) is 0 Å². The molecule has 19 heavy (non-hydrogen) atoms. The van der Waals surface area contributed by atoms with Crippen LogP contribution in [-0.2, 0) is 16.6 Å². The fourth-order valence-electron chi connectivity index (χ4n) is 1.39. The molecule has 1 rings (SSSR count). The van der Waals surface area contributed by atoms with E-state index in [0.717, 1.165) is 5.69 Å². The largest absolute Gasteiger partial charge is 0.411 e. The molecule has 0 atom stereocenters. The van der Waals surface area contributed by atoms with Crippen LogP contribution in [0, 0.1) is 4.64 Å². The molecule has 7 heteroatoms. The minimum absolute atomic E-state index is 0.0502. The Morgan fingerprint density at radius 2 is 1.95 bits per heavy atom. The number of ether oxygens (including phenoxy) is 1. The van der Waals surface area contributed by atoms with Gasteiger partial charge in [0, 0.05) is 17.5 Å². The highest BCUT2D eigenvalue weighted by atomic mass is 32.1. The zero-order valence-corrected chi connectivity index (χ0v) is 11.9. The molecule has 1 aromatic rings. The van der Waals surface area contributed by atoms with Crippen LogP contribution in [0.25, 0.3) is 0 Å². The topological polar surface area (TPSA) is 37.9 Å². The zero-order chi connectivity index (χ0) is 14.7. The molecule has 0 saturated carbocycles. The molecule has 0 saturated heterocycles. The minimum Gasteiger partial charge on any atom is -0.372 e. The second kappa shape index (κ2) is 6.00. The first-order valence-electron chi connectivity index (χ1n) is 5.83. The number of hydrogen-bond donors (Lipinski definition) is 1. The third-order valence-electron chi connectivity index (χ3n) is 2.35. The smallest absolute Gasteiger partial charge is 0.372 e. The Bertz CT molecular complexity index is 477. The van der Waals surface area contributed by atoms with Gasteiger partial charge in [0.25, 0.3) is 0 Å². The van der Waals surface area contributed by atoms with E-state index in [1.807, 2.05) is 20.8 Å². The summed E-state index contributed by atoms with van der Waals surface area (Å²) in [5.41, 5.74) is 0.774. The average Bonchev–Trinajstić information content (AvgIpc) is 2.21. The molecule has 0 unspecified atom stereocenters. The van der Waals surface area contributed by atoms with Crippen LogP contribution in [0.2, 0.25) is 0 Å². The fourth-order valence-corrected chi connectivity index (χ4v) is 1.62. The second-order valence-electron chi connectivity index (χ2n) is 5.25. The van der Waals surface area contributed by atoms with Gasteiger partial charge in [-0.25, -0.2) is 4.98 Å². The normalized spacial score (nSPS) is 12.7. The van der Waals surface area contributed by atoms with Crippen LogP contribution >= 0.6 is 12.2 Å². The van der Waals surface area contributed by atoms with E-state index in [1.165, 1.54) is 0 Å². The van der Waals surface area contributed by atoms with Gasteiger partial charge in [-0.1, -0.05) is 33.0 Å². The van der Waals surface area contributed by atoms with Crippen molar-refractivity contribution in [3.05, 3.63) is 22.2 Å². The first-order chi connectivity index (χ1) is 8.58. The highest BCUT2D eigenvalue weighted by molar-refractivity contribution is 7.71. The highest BCUT2D eigenvalue weighted by Gasteiger charge is 2.27. The zero-order valence-electron chi connectivity index (χ0n) is 11.1. The van der Waals surface area contributed by atoms with Crippen molar-refractivity contribution in [3.8, 4) is 0 Å². The van der Waals surface area contributed by atoms with Gasteiger partial charge in [-0.3, -0.25) is 0 Å². The Morgan fingerprint density at radius 3 is 2.47 bits per heavy atom. The molecule has 0 spiro atoms. The summed E-state index contributed by atoms with van der Waals surface area (Å²) in [6.07, 6.45) is -4.03. The van der Waals surface area contributed by atoms with Gasteiger partial charge in [0.1, 0.15) is 17.1 Å². The van der Waals surface area contributed by atoms with Crippen LogP contribution in [0.5, 0.6) is 0 Å². The number of rotatable bonds is 4. The van der Waals surface area contributed by atoms with Crippen LogP contribution < -0.4 is 0 Å². The van der Waals surface area contributed by atoms with Crippen molar-refractivity contribution >= 4 is 12.2 Å². The molecule has 0 aromatic carbocycles. The van der Waals surface area contributed by atoms with Crippen molar-refractivity contribution in [3.63, 3.8) is 0 Å². The molecule has 3 nitrogen and oxygen atoms in total. The standard InChI is InChI=1S/C12H17F3N2OS/c1-11(2,3)8-6-10(19)17-9(16-8)4-5-18-7-12(13,14)15/h6H,4-5,7H2,1-3H3,(H,16,17,19). The van der Waals surface area contributed by atoms with Gasteiger partial charge in [-0.15, -0.1) is 0 Å². The van der Waals surface area contributed by atoms with E-state index in [9.17, 15) is 13.2 Å². The summed E-state index contributed by atoms with van der Waals surface area (Å²) in [5.74, 6) is 0.541. The molecule has 0 fully saturated rings. The van der Waals surface area contributed by atoms with Crippen molar-refractivity contribution in [2.75, 3.05) is 13.2 Å². The van der Waals surface area contributed by atoms with Crippen molar-refractivity contribution in [2.24, 2.45) is 0 Å². The molecule has 108 valence electrons. The van der Waals surface area contributed by atoms with Crippen LogP contribution in [0.15, 0.2) is 6.07 Å². The number of alkyl halides is 3. The SMILES string of the molecule is CC(C)(C)c1cc(=S)nc(CCOCC(F)(F)F)[nH]1. The van der Waals surface area contributed by atoms with Gasteiger partial charge in [0.05, 0.1) is 6.61 Å². The summed E-state index contributed by atoms with van der Waals surface area (Å²) in [7, 11) is 0. The maximum absolute atomic E-state index is 11.9. The third kappa shape index (κ3) is 6.15. The van der Waals surface area contributed by atoms with Crippen LogP contribution in [0.3, 0.4) is 0 Å². The van der Waals surface area contributed by atoms with Crippen molar-refractivity contribution < 1.29 is 17.9 Å². The highest BCUT2D eigenvalue weighted by Crippen LogP contribution is 2.20. The number of hydrogen-bond acceptors (Lipinski definition) is 3. The van der Waals surface area contributed by atoms with E-state index in [1.54, 1.807) is 6.07 Å². The first-order valence-corrected chi connectivity index (χ1v) is 6.24. The Hall–Kier alpha value is -0.950. The maximum Gasteiger partial charge on any atom is 0.411 e. The summed E-state index contributed by atoms with van der Waals surface area (Å²) in [6, 6.07) is 1.76. The predicted octanol–water partition coefficient (Wildman–Crippen LogP) is 3.56. The summed E-state index contributed by atoms with van der Waals surface area (Å²) >= 11 is 5.04. The monoisotopic (exact) mass is 294 g/mol. The molecule has 1 aromatic heterocycles. The number of nitrogens with zero attached hydrogens (tertiary/aromatic N) is 1. The molecule has 1 heterocycles. The van der Waals surface area contributed by atoms with Crippen molar-refractivity contribution in [1.82, 2.24) is 9.97 Å². The predicted molar refractivity (Wildman–Crippen MR) is 68.7 cm³/mol. The lowest BCUT2D eigenvalue weighted by molar-refractivity contribution is -0.173. The quantitative estimate of drug-likeness (QED) is 0.681. The number of nitrogens with one attached hydrogen (secondary N) is 1. The van der Waals surface area contributed by atoms with E-state index in [2.05, 4.69) is 14.7 Å². The molecular weight excluding hydrogens is 277 g/mol. The van der Waals surface area contributed by atoms with E-state index >= 15 is 0 Å². The van der Waals surface area contributed by atoms with E-state index in [4.69, 9.17) is 12.2 Å². The molecular formula is C12H17F3N2OS. The van der Waals surface area contributed by atoms with Gasteiger partial charge in [-0.2, -0.15) is 13.2 Å². The Balaban J connectivity index is 2.65. The summed E-state index contributed by atoms with van der Waals surface area (Å²) in [6.45, 7) is 4.74. The number of aromatic amines is 1. The molecule has 0 radical (unpaired) electrons. The number of halogens is 3. The van der Waals surface area contributed by atoms with Gasteiger partial charge in [-0.05, 0) is 6.07 Å². The summed E-state index contributed by atoms with van der Waals surface area (Å²) < 4.78 is 40.7. The number of aromatic nitrogens is 2. The lowest BCUT2D eigenvalue weighted by Crippen LogP contribution is -2.19. The molecule has 0 bridgehead atoms. The molecule has 0 aliphatic carbocycles. The van der Waals surface area contributed by atoms with Crippen LogP contribution in [0.1, 0.15) is 32.3 Å². The Labute approximate surface area is 115 Å². The van der Waals surface area contributed by atoms with Gasteiger partial charge >= 0.3 is 6.18 Å². The van der Waals surface area contributed by atoms with E-state index < -0.39 is 12.8 Å². The minimum atomic E-state index is -4.30. The van der Waals surface area contributed by atoms with E-state index in [-0.39, 0.29) is 18.4 Å². The second-order valence-corrected chi connectivity index (χ2v) is 5.67. The Morgan fingerprint density at radius 1 is 1.32 bits per heavy atom. The van der Waals surface area contributed by atoms with Crippen molar-refractivity contribution in [1.29, 1.82) is 0 Å². The molecule has 0 aliphatic heterocycles. The Kier molecular flexibility index (Phi) is 5.09. The van der Waals surface area contributed by atoms with Crippen molar-refractivity contribution in [2.45, 2.75) is 38.8 Å². The first kappa shape index (κ1) is 16.1. The average molecular weight is 294 g/mol. The maximum atomic E-state index is 11.9. The van der Waals surface area contributed by atoms with Gasteiger partial charge in [0.2, 0.25) is 0 Å². The number of H-pyrrole nitrogens is 1. The summed E-state index contributed by atoms with van der Waals surface area (Å²) in [4.78, 5) is 7.16. The van der Waals surface area contributed by atoms with E-state index in [0.29, 0.717) is 10.5 Å². The molecule has 1 N–H and O–H groups in total. The van der Waals surface area contributed by atoms with Crippen LogP contribution in [0.4, 0.5) is 13.2 Å². The fraction of sp³-hybridized carbons (Fsp3) is 0.667. The lowest BCUT2D eigenvalue weighted by Gasteiger charge is -2.19. The van der Waals surface area contributed by atoms with Gasteiger partial charge < -0.3 is 9.72 Å². The lowest BCUT2D eigenvalue weighted by atomic mass is 9.92. The molecule has 0 aliphatic rings. The molecule has 0 amide bonds. The summed E-state index contributed by atoms with van der Waals surface area (Å²) in [5, 5.41) is 0. The van der Waals surface area contributed by atoms with Crippen LogP contribution in [-0.4, -0.2) is 29.4 Å². The third-order valence-corrected chi connectivity index (χ3v) is 2.56.